The molecule has 5 heteroatoms. The highest BCUT2D eigenvalue weighted by Crippen LogP contribution is 2.16. The lowest BCUT2D eigenvalue weighted by molar-refractivity contribution is -0.138. The van der Waals surface area contributed by atoms with E-state index in [4.69, 9.17) is 5.73 Å². The van der Waals surface area contributed by atoms with Gasteiger partial charge in [0.1, 0.15) is 0 Å². The Bertz CT molecular complexity index is 302. The number of carbonyl (C=O) groups excluding carboxylic acids is 2. The van der Waals surface area contributed by atoms with Gasteiger partial charge in [-0.05, 0) is 26.2 Å². The minimum absolute atomic E-state index is 0.0185. The van der Waals surface area contributed by atoms with E-state index in [0.717, 1.165) is 19.4 Å². The molecule has 1 aliphatic heterocycles. The topological polar surface area (TPSA) is 75.4 Å². The SMILES string of the molecule is CCC(C)(N)C(=O)N1CCCC(NC(C)=O)C1. The first-order valence-electron chi connectivity index (χ1n) is 6.22. The zero-order chi connectivity index (χ0) is 13.1. The lowest BCUT2D eigenvalue weighted by Crippen LogP contribution is -2.57. The molecule has 1 rings (SSSR count). The third-order valence-electron chi connectivity index (χ3n) is 3.34. The van der Waals surface area contributed by atoms with Crippen LogP contribution < -0.4 is 11.1 Å². The summed E-state index contributed by atoms with van der Waals surface area (Å²) < 4.78 is 0. The van der Waals surface area contributed by atoms with Crippen molar-refractivity contribution in [2.75, 3.05) is 13.1 Å². The highest BCUT2D eigenvalue weighted by atomic mass is 16.2. The second kappa shape index (κ2) is 5.49. The largest absolute Gasteiger partial charge is 0.352 e. The van der Waals surface area contributed by atoms with Gasteiger partial charge in [-0.2, -0.15) is 0 Å². The first kappa shape index (κ1) is 14.0. The standard InChI is InChI=1S/C12H23N3O2/c1-4-12(3,13)11(17)15-7-5-6-10(8-15)14-9(2)16/h10H,4-8,13H2,1-3H3,(H,14,16). The van der Waals surface area contributed by atoms with Gasteiger partial charge in [-0.15, -0.1) is 0 Å². The highest BCUT2D eigenvalue weighted by Gasteiger charge is 2.33. The van der Waals surface area contributed by atoms with Gasteiger partial charge in [0, 0.05) is 26.1 Å². The van der Waals surface area contributed by atoms with Gasteiger partial charge in [-0.25, -0.2) is 0 Å². The van der Waals surface area contributed by atoms with Crippen LogP contribution in [0.4, 0.5) is 0 Å². The molecular weight excluding hydrogens is 218 g/mol. The molecule has 2 unspecified atom stereocenters. The number of nitrogens with two attached hydrogens (primary N) is 1. The van der Waals surface area contributed by atoms with Crippen molar-refractivity contribution in [3.05, 3.63) is 0 Å². The Kier molecular flexibility index (Phi) is 4.51. The van der Waals surface area contributed by atoms with Gasteiger partial charge in [0.2, 0.25) is 11.8 Å². The first-order chi connectivity index (χ1) is 7.86. The molecule has 0 saturated carbocycles. The van der Waals surface area contributed by atoms with Crippen LogP contribution in [0.15, 0.2) is 0 Å². The summed E-state index contributed by atoms with van der Waals surface area (Å²) in [4.78, 5) is 24.9. The number of likely N-dealkylation sites (tertiary alicyclic amines) is 1. The van der Waals surface area contributed by atoms with Crippen LogP contribution in [-0.2, 0) is 9.59 Å². The molecule has 2 amide bonds. The third-order valence-corrected chi connectivity index (χ3v) is 3.34. The maximum Gasteiger partial charge on any atom is 0.242 e. The molecule has 98 valence electrons. The normalized spacial score (nSPS) is 24.0. The maximum absolute atomic E-state index is 12.2. The number of nitrogens with one attached hydrogen (secondary N) is 1. The van der Waals surface area contributed by atoms with E-state index in [1.807, 2.05) is 6.92 Å². The van der Waals surface area contributed by atoms with Crippen LogP contribution in [0.1, 0.15) is 40.0 Å². The van der Waals surface area contributed by atoms with Crippen molar-refractivity contribution in [2.45, 2.75) is 51.6 Å². The van der Waals surface area contributed by atoms with Crippen LogP contribution in [0, 0.1) is 0 Å². The van der Waals surface area contributed by atoms with Crippen molar-refractivity contribution in [3.8, 4) is 0 Å². The molecule has 3 N–H and O–H groups in total. The molecule has 17 heavy (non-hydrogen) atoms. The fourth-order valence-corrected chi connectivity index (χ4v) is 2.08. The van der Waals surface area contributed by atoms with E-state index >= 15 is 0 Å². The predicted octanol–water partition coefficient (Wildman–Crippen LogP) is 0.241. The van der Waals surface area contributed by atoms with Gasteiger partial charge >= 0.3 is 0 Å². The summed E-state index contributed by atoms with van der Waals surface area (Å²) in [6, 6.07) is 0.0675. The van der Waals surface area contributed by atoms with Crippen molar-refractivity contribution in [1.82, 2.24) is 10.2 Å². The van der Waals surface area contributed by atoms with Gasteiger partial charge in [0.15, 0.2) is 0 Å². The smallest absolute Gasteiger partial charge is 0.242 e. The van der Waals surface area contributed by atoms with Crippen molar-refractivity contribution in [2.24, 2.45) is 5.73 Å². The van der Waals surface area contributed by atoms with E-state index in [9.17, 15) is 9.59 Å². The van der Waals surface area contributed by atoms with E-state index < -0.39 is 5.54 Å². The number of hydrogen-bond donors (Lipinski definition) is 2. The summed E-state index contributed by atoms with van der Waals surface area (Å²) >= 11 is 0. The van der Waals surface area contributed by atoms with Crippen LogP contribution in [0.25, 0.3) is 0 Å². The zero-order valence-corrected chi connectivity index (χ0v) is 11.0. The average molecular weight is 241 g/mol. The quantitative estimate of drug-likeness (QED) is 0.743. The van der Waals surface area contributed by atoms with Gasteiger partial charge in [0.25, 0.3) is 0 Å². The molecule has 1 heterocycles. The molecule has 0 aliphatic carbocycles. The minimum Gasteiger partial charge on any atom is -0.352 e. The highest BCUT2D eigenvalue weighted by molar-refractivity contribution is 5.85. The van der Waals surface area contributed by atoms with E-state index in [1.54, 1.807) is 11.8 Å². The van der Waals surface area contributed by atoms with Crippen molar-refractivity contribution < 1.29 is 9.59 Å². The second-order valence-corrected chi connectivity index (χ2v) is 5.06. The number of hydrogen-bond acceptors (Lipinski definition) is 3. The maximum atomic E-state index is 12.2. The zero-order valence-electron chi connectivity index (χ0n) is 11.0. The first-order valence-corrected chi connectivity index (χ1v) is 6.22. The van der Waals surface area contributed by atoms with E-state index in [0.29, 0.717) is 13.0 Å². The number of piperidine rings is 1. The summed E-state index contributed by atoms with van der Waals surface area (Å²) in [5, 5.41) is 2.86. The molecule has 0 aromatic carbocycles. The summed E-state index contributed by atoms with van der Waals surface area (Å²) in [5.74, 6) is -0.0645. The summed E-state index contributed by atoms with van der Waals surface area (Å²) in [5.41, 5.74) is 5.16. The number of amides is 2. The van der Waals surface area contributed by atoms with Gasteiger partial charge in [0.05, 0.1) is 5.54 Å². The van der Waals surface area contributed by atoms with Crippen molar-refractivity contribution >= 4 is 11.8 Å². The lowest BCUT2D eigenvalue weighted by atomic mass is 9.96. The molecule has 0 aromatic heterocycles. The fraction of sp³-hybridized carbons (Fsp3) is 0.833. The van der Waals surface area contributed by atoms with Crippen LogP contribution in [0.3, 0.4) is 0 Å². The summed E-state index contributed by atoms with van der Waals surface area (Å²) in [6.07, 6.45) is 2.46. The van der Waals surface area contributed by atoms with E-state index in [-0.39, 0.29) is 17.9 Å². The van der Waals surface area contributed by atoms with Crippen molar-refractivity contribution in [3.63, 3.8) is 0 Å². The Hall–Kier alpha value is -1.10. The second-order valence-electron chi connectivity index (χ2n) is 5.06. The molecule has 1 fully saturated rings. The number of carbonyl (C=O) groups is 2. The number of rotatable bonds is 3. The number of nitrogens with zero attached hydrogens (tertiary/aromatic N) is 1. The Labute approximate surface area is 103 Å². The van der Waals surface area contributed by atoms with Crippen LogP contribution >= 0.6 is 0 Å². The van der Waals surface area contributed by atoms with Crippen LogP contribution in [0.5, 0.6) is 0 Å². The summed E-state index contributed by atoms with van der Waals surface area (Å²) in [6.45, 7) is 6.48. The molecular formula is C12H23N3O2. The molecule has 0 spiro atoms. The van der Waals surface area contributed by atoms with Crippen LogP contribution in [-0.4, -0.2) is 41.4 Å². The molecule has 0 aromatic rings. The lowest BCUT2D eigenvalue weighted by Gasteiger charge is -2.37. The van der Waals surface area contributed by atoms with Crippen molar-refractivity contribution in [1.29, 1.82) is 0 Å². The minimum atomic E-state index is -0.794. The van der Waals surface area contributed by atoms with Crippen LogP contribution in [0.2, 0.25) is 0 Å². The molecule has 0 bridgehead atoms. The van der Waals surface area contributed by atoms with E-state index in [2.05, 4.69) is 5.32 Å². The Balaban J connectivity index is 2.60. The Morgan fingerprint density at radius 2 is 2.18 bits per heavy atom. The molecule has 5 nitrogen and oxygen atoms in total. The predicted molar refractivity (Wildman–Crippen MR) is 66.3 cm³/mol. The van der Waals surface area contributed by atoms with Gasteiger partial charge in [-0.3, -0.25) is 9.59 Å². The fourth-order valence-electron chi connectivity index (χ4n) is 2.08. The molecule has 0 radical (unpaired) electrons. The Morgan fingerprint density at radius 1 is 1.53 bits per heavy atom. The monoisotopic (exact) mass is 241 g/mol. The van der Waals surface area contributed by atoms with Gasteiger partial charge < -0.3 is 16.0 Å². The third kappa shape index (κ3) is 3.70. The van der Waals surface area contributed by atoms with E-state index in [1.165, 1.54) is 6.92 Å². The molecule has 2 atom stereocenters. The Morgan fingerprint density at radius 3 is 2.71 bits per heavy atom. The molecule has 1 aliphatic rings. The molecule has 1 saturated heterocycles. The average Bonchev–Trinajstić information content (AvgIpc) is 2.27. The summed E-state index contributed by atoms with van der Waals surface area (Å²) in [7, 11) is 0. The van der Waals surface area contributed by atoms with Gasteiger partial charge in [-0.1, -0.05) is 6.92 Å².